The van der Waals surface area contributed by atoms with E-state index in [0.29, 0.717) is 13.0 Å². The molecule has 3 rings (SSSR count). The maximum atomic E-state index is 13.9. The first-order chi connectivity index (χ1) is 18.9. The minimum absolute atomic E-state index is 0.129. The van der Waals surface area contributed by atoms with Gasteiger partial charge in [0.1, 0.15) is 23.7 Å². The molecule has 0 spiro atoms. The van der Waals surface area contributed by atoms with Crippen LogP contribution >= 0.6 is 0 Å². The average molecular weight is 560 g/mol. The number of nitrogens with two attached hydrogens (primary N) is 1. The van der Waals surface area contributed by atoms with Crippen LogP contribution in [0.5, 0.6) is 0 Å². The third kappa shape index (κ3) is 8.51. The fraction of sp³-hybridized carbons (Fsp3) is 0.710. The normalized spacial score (nSPS) is 23.6. The number of benzene rings is 1. The van der Waals surface area contributed by atoms with Crippen molar-refractivity contribution in [3.63, 3.8) is 0 Å². The van der Waals surface area contributed by atoms with Gasteiger partial charge < -0.3 is 20.5 Å². The Bertz CT molecular complexity index is 975. The average Bonchev–Trinajstić information content (AvgIpc) is 3.33. The van der Waals surface area contributed by atoms with Crippen molar-refractivity contribution in [2.45, 2.75) is 103 Å². The molecule has 1 heterocycles. The van der Waals surface area contributed by atoms with E-state index in [4.69, 9.17) is 20.0 Å². The molecular formula is C31H49N3O6. The third-order valence-electron chi connectivity index (χ3n) is 8.21. The van der Waals surface area contributed by atoms with E-state index in [1.165, 1.54) is 7.11 Å². The van der Waals surface area contributed by atoms with Crippen LogP contribution < -0.4 is 11.1 Å². The van der Waals surface area contributed by atoms with E-state index in [-0.39, 0.29) is 24.3 Å². The van der Waals surface area contributed by atoms with E-state index >= 15 is 0 Å². The van der Waals surface area contributed by atoms with Crippen LogP contribution in [-0.4, -0.2) is 60.4 Å². The lowest BCUT2D eigenvalue weighted by atomic mass is 9.75. The zero-order valence-corrected chi connectivity index (χ0v) is 25.1. The summed E-state index contributed by atoms with van der Waals surface area (Å²) in [7, 11) is 1.31. The number of esters is 2. The summed E-state index contributed by atoms with van der Waals surface area (Å²) in [5.41, 5.74) is 7.17. The molecule has 1 saturated heterocycles. The Balaban J connectivity index is 1.96. The van der Waals surface area contributed by atoms with Gasteiger partial charge in [-0.05, 0) is 51.0 Å². The number of amides is 1. The summed E-state index contributed by atoms with van der Waals surface area (Å²) in [5, 5.41) is 4.65. The number of hydroxylamine groups is 2. The maximum Gasteiger partial charge on any atom is 0.328 e. The number of hydrogen-bond acceptors (Lipinski definition) is 8. The van der Waals surface area contributed by atoms with Crippen LogP contribution in [0, 0.1) is 23.7 Å². The van der Waals surface area contributed by atoms with Crippen molar-refractivity contribution in [3.05, 3.63) is 35.9 Å². The van der Waals surface area contributed by atoms with Gasteiger partial charge in [0.2, 0.25) is 5.91 Å². The first kappa shape index (κ1) is 32.0. The van der Waals surface area contributed by atoms with E-state index in [2.05, 4.69) is 5.32 Å². The summed E-state index contributed by atoms with van der Waals surface area (Å²) in [5.74, 6) is -2.91. The molecule has 1 aromatic rings. The number of ether oxygens (including phenoxy) is 2. The lowest BCUT2D eigenvalue weighted by Gasteiger charge is -2.37. The monoisotopic (exact) mass is 559 g/mol. The summed E-state index contributed by atoms with van der Waals surface area (Å²) in [6.07, 6.45) is 4.96. The van der Waals surface area contributed by atoms with Gasteiger partial charge >= 0.3 is 11.9 Å². The summed E-state index contributed by atoms with van der Waals surface area (Å²) < 4.78 is 10.9. The molecule has 2 fully saturated rings. The Morgan fingerprint density at radius 3 is 2.33 bits per heavy atom. The standard InChI is InChI=1S/C31H49N3O6/c1-7-20(2)26(30(37)38-6)33-28(35)23-19-34(18-21-14-10-8-11-15-21)40-27(23)24(29(36)39-31(3,4)5)25(32)22-16-12-9-13-17-22/h8,10-11,14-15,20,22-27H,7,9,12-13,16-19,32H2,1-6H3,(H,33,35)/t20-,23?,24-,25?,26-,27?/m0/s1. The highest BCUT2D eigenvalue weighted by molar-refractivity contribution is 5.87. The lowest BCUT2D eigenvalue weighted by Crippen LogP contribution is -2.55. The molecule has 1 aromatic carbocycles. The summed E-state index contributed by atoms with van der Waals surface area (Å²) in [4.78, 5) is 46.7. The number of hydrogen-bond donors (Lipinski definition) is 2. The molecular weight excluding hydrogens is 510 g/mol. The third-order valence-corrected chi connectivity index (χ3v) is 8.21. The van der Waals surface area contributed by atoms with Crippen LogP contribution in [0.25, 0.3) is 0 Å². The Hall–Kier alpha value is -2.49. The molecule has 2 aliphatic rings. The molecule has 0 radical (unpaired) electrons. The SMILES string of the molecule is CC[C@H](C)[C@H](NC(=O)C1CN(Cc2ccccc2)OC1[C@@H](C(=O)OC(C)(C)C)C(N)C1CCCCC1)C(=O)OC. The number of nitrogens with zero attached hydrogens (tertiary/aromatic N) is 1. The van der Waals surface area contributed by atoms with Crippen molar-refractivity contribution < 1.29 is 28.7 Å². The van der Waals surface area contributed by atoms with Crippen molar-refractivity contribution in [3.8, 4) is 0 Å². The van der Waals surface area contributed by atoms with E-state index in [1.807, 2.05) is 65.0 Å². The van der Waals surface area contributed by atoms with Crippen LogP contribution in [0.2, 0.25) is 0 Å². The minimum Gasteiger partial charge on any atom is -0.467 e. The van der Waals surface area contributed by atoms with E-state index in [1.54, 1.807) is 5.06 Å². The van der Waals surface area contributed by atoms with Gasteiger partial charge in [-0.15, -0.1) is 0 Å². The van der Waals surface area contributed by atoms with Gasteiger partial charge in [-0.2, -0.15) is 5.06 Å². The molecule has 224 valence electrons. The quantitative estimate of drug-likeness (QED) is 0.391. The van der Waals surface area contributed by atoms with Gasteiger partial charge in [-0.25, -0.2) is 4.79 Å². The molecule has 3 N–H and O–H groups in total. The molecule has 9 heteroatoms. The molecule has 6 atom stereocenters. The highest BCUT2D eigenvalue weighted by atomic mass is 16.7. The molecule has 0 bridgehead atoms. The van der Waals surface area contributed by atoms with Gasteiger partial charge in [0, 0.05) is 19.1 Å². The van der Waals surface area contributed by atoms with E-state index in [9.17, 15) is 14.4 Å². The second-order valence-corrected chi connectivity index (χ2v) is 12.4. The zero-order chi connectivity index (χ0) is 29.4. The van der Waals surface area contributed by atoms with Crippen LogP contribution in [0.4, 0.5) is 0 Å². The molecule has 1 saturated carbocycles. The van der Waals surface area contributed by atoms with Crippen molar-refractivity contribution in [1.82, 2.24) is 10.4 Å². The first-order valence-corrected chi connectivity index (χ1v) is 14.8. The first-order valence-electron chi connectivity index (χ1n) is 14.8. The largest absolute Gasteiger partial charge is 0.467 e. The van der Waals surface area contributed by atoms with Gasteiger partial charge in [-0.3, -0.25) is 14.4 Å². The molecule has 3 unspecified atom stereocenters. The number of carbonyl (C=O) groups is 3. The molecule has 1 aliphatic carbocycles. The van der Waals surface area contributed by atoms with Crippen molar-refractivity contribution in [1.29, 1.82) is 0 Å². The van der Waals surface area contributed by atoms with Gasteiger partial charge in [0.05, 0.1) is 13.0 Å². The Morgan fingerprint density at radius 2 is 1.75 bits per heavy atom. The molecule has 1 amide bonds. The fourth-order valence-corrected chi connectivity index (χ4v) is 5.80. The van der Waals surface area contributed by atoms with Crippen LogP contribution in [0.1, 0.15) is 78.7 Å². The molecule has 1 aliphatic heterocycles. The Labute approximate surface area is 239 Å². The number of methoxy groups -OCH3 is 1. The minimum atomic E-state index is -0.848. The second kappa shape index (κ2) is 14.4. The number of carbonyl (C=O) groups excluding carboxylic acids is 3. The van der Waals surface area contributed by atoms with E-state index in [0.717, 1.165) is 37.7 Å². The van der Waals surface area contributed by atoms with Crippen LogP contribution in [0.3, 0.4) is 0 Å². The smallest absolute Gasteiger partial charge is 0.328 e. The Morgan fingerprint density at radius 1 is 1.10 bits per heavy atom. The highest BCUT2D eigenvalue weighted by Crippen LogP contribution is 2.37. The van der Waals surface area contributed by atoms with Gasteiger partial charge in [-0.1, -0.05) is 69.9 Å². The molecule has 40 heavy (non-hydrogen) atoms. The topological polar surface area (TPSA) is 120 Å². The predicted molar refractivity (Wildman–Crippen MR) is 153 cm³/mol. The number of rotatable bonds is 11. The molecule has 9 nitrogen and oxygen atoms in total. The van der Waals surface area contributed by atoms with E-state index < -0.39 is 47.6 Å². The highest BCUT2D eigenvalue weighted by Gasteiger charge is 2.51. The lowest BCUT2D eigenvalue weighted by molar-refractivity contribution is -0.192. The van der Waals surface area contributed by atoms with Crippen LogP contribution in [0.15, 0.2) is 30.3 Å². The summed E-state index contributed by atoms with van der Waals surface area (Å²) in [6.45, 7) is 10.0. The zero-order valence-electron chi connectivity index (χ0n) is 25.1. The summed E-state index contributed by atoms with van der Waals surface area (Å²) >= 11 is 0. The maximum absolute atomic E-state index is 13.9. The molecule has 0 aromatic heterocycles. The summed E-state index contributed by atoms with van der Waals surface area (Å²) in [6, 6.07) is 8.47. The number of nitrogens with one attached hydrogen (secondary N) is 1. The van der Waals surface area contributed by atoms with Gasteiger partial charge in [0.25, 0.3) is 0 Å². The Kier molecular flexibility index (Phi) is 11.5. The van der Waals surface area contributed by atoms with Crippen LogP contribution in [-0.2, 0) is 35.2 Å². The predicted octanol–water partition coefficient (Wildman–Crippen LogP) is 3.99. The van der Waals surface area contributed by atoms with Crippen molar-refractivity contribution in [2.24, 2.45) is 29.4 Å². The fourth-order valence-electron chi connectivity index (χ4n) is 5.80. The second-order valence-electron chi connectivity index (χ2n) is 12.4. The van der Waals surface area contributed by atoms with Crippen molar-refractivity contribution >= 4 is 17.8 Å². The van der Waals surface area contributed by atoms with Crippen molar-refractivity contribution in [2.75, 3.05) is 13.7 Å². The van der Waals surface area contributed by atoms with Gasteiger partial charge in [0.15, 0.2) is 0 Å².